The molecule has 2 heterocycles. The quantitative estimate of drug-likeness (QED) is 0.866. The Kier molecular flexibility index (Phi) is 3.29. The average Bonchev–Trinajstić information content (AvgIpc) is 2.87. The molecule has 3 rings (SSSR count). The number of benzene rings is 1. The van der Waals surface area contributed by atoms with Gasteiger partial charge in [-0.1, -0.05) is 35.5 Å². The van der Waals surface area contributed by atoms with E-state index in [2.05, 4.69) is 15.8 Å². The molecular formula is C14H15N3O2. The highest BCUT2D eigenvalue weighted by Crippen LogP contribution is 2.18. The van der Waals surface area contributed by atoms with Crippen LogP contribution < -0.4 is 10.6 Å². The van der Waals surface area contributed by atoms with Crippen molar-refractivity contribution in [2.75, 3.05) is 19.6 Å². The van der Waals surface area contributed by atoms with Crippen molar-refractivity contribution in [2.24, 2.45) is 5.92 Å². The second kappa shape index (κ2) is 5.24. The molecule has 0 spiro atoms. The van der Waals surface area contributed by atoms with Crippen LogP contribution in [0, 0.1) is 5.92 Å². The number of carbonyl (C=O) groups excluding carboxylic acids is 1. The largest absolute Gasteiger partial charge is 0.350 e. The first-order valence-electron chi connectivity index (χ1n) is 6.34. The van der Waals surface area contributed by atoms with Gasteiger partial charge in [0, 0.05) is 37.2 Å². The normalized spacial score (nSPS) is 14.9. The summed E-state index contributed by atoms with van der Waals surface area (Å²) in [6, 6.07) is 11.3. The van der Waals surface area contributed by atoms with Crippen molar-refractivity contribution >= 4 is 5.91 Å². The van der Waals surface area contributed by atoms with Crippen molar-refractivity contribution in [3.8, 4) is 11.3 Å². The lowest BCUT2D eigenvalue weighted by molar-refractivity contribution is 0.0905. The van der Waals surface area contributed by atoms with E-state index < -0.39 is 0 Å². The molecule has 19 heavy (non-hydrogen) atoms. The van der Waals surface area contributed by atoms with Gasteiger partial charge in [-0.3, -0.25) is 4.79 Å². The van der Waals surface area contributed by atoms with E-state index in [1.54, 1.807) is 6.07 Å². The molecule has 1 aromatic heterocycles. The Morgan fingerprint density at radius 1 is 1.37 bits per heavy atom. The summed E-state index contributed by atoms with van der Waals surface area (Å²) in [6.07, 6.45) is 0. The maximum Gasteiger partial charge on any atom is 0.289 e. The summed E-state index contributed by atoms with van der Waals surface area (Å²) in [7, 11) is 0. The van der Waals surface area contributed by atoms with Gasteiger partial charge < -0.3 is 15.2 Å². The number of nitrogens with one attached hydrogen (secondary N) is 2. The minimum atomic E-state index is -0.207. The highest BCUT2D eigenvalue weighted by molar-refractivity contribution is 5.92. The molecule has 2 N–H and O–H groups in total. The minimum absolute atomic E-state index is 0.207. The van der Waals surface area contributed by atoms with E-state index in [1.807, 2.05) is 30.3 Å². The standard InChI is InChI=1S/C14H15N3O2/c18-14(16-9-10-7-15-8-10)13-6-12(17-19-13)11-4-2-1-3-5-11/h1-6,10,15H,7-9H2,(H,16,18). The van der Waals surface area contributed by atoms with Crippen molar-refractivity contribution in [3.63, 3.8) is 0 Å². The fraction of sp³-hybridized carbons (Fsp3) is 0.286. The first-order valence-corrected chi connectivity index (χ1v) is 6.34. The molecule has 0 unspecified atom stereocenters. The molecule has 1 aliphatic rings. The number of hydrogen-bond donors (Lipinski definition) is 2. The third-order valence-electron chi connectivity index (χ3n) is 3.22. The molecule has 1 aliphatic heterocycles. The van der Waals surface area contributed by atoms with E-state index >= 15 is 0 Å². The Morgan fingerprint density at radius 3 is 2.84 bits per heavy atom. The Bertz CT molecular complexity index is 561. The molecule has 1 fully saturated rings. The van der Waals surface area contributed by atoms with Crippen molar-refractivity contribution in [3.05, 3.63) is 42.2 Å². The van der Waals surface area contributed by atoms with Crippen LogP contribution in [0.5, 0.6) is 0 Å². The van der Waals surface area contributed by atoms with Crippen LogP contribution in [0.4, 0.5) is 0 Å². The van der Waals surface area contributed by atoms with Crippen molar-refractivity contribution in [1.82, 2.24) is 15.8 Å². The minimum Gasteiger partial charge on any atom is -0.350 e. The number of nitrogens with zero attached hydrogens (tertiary/aromatic N) is 1. The summed E-state index contributed by atoms with van der Waals surface area (Å²) in [5.41, 5.74) is 1.62. The van der Waals surface area contributed by atoms with Gasteiger partial charge in [-0.25, -0.2) is 0 Å². The SMILES string of the molecule is O=C(NCC1CNC1)c1cc(-c2ccccc2)no1. The fourth-order valence-electron chi connectivity index (χ4n) is 1.94. The van der Waals surface area contributed by atoms with Gasteiger partial charge in [0.15, 0.2) is 0 Å². The highest BCUT2D eigenvalue weighted by atomic mass is 16.5. The highest BCUT2D eigenvalue weighted by Gasteiger charge is 2.19. The molecule has 5 heteroatoms. The third-order valence-corrected chi connectivity index (χ3v) is 3.22. The summed E-state index contributed by atoms with van der Waals surface area (Å²) in [5, 5.41) is 9.94. The summed E-state index contributed by atoms with van der Waals surface area (Å²) in [4.78, 5) is 11.9. The Balaban J connectivity index is 1.65. The van der Waals surface area contributed by atoms with Gasteiger partial charge in [-0.15, -0.1) is 0 Å². The predicted octanol–water partition coefficient (Wildman–Crippen LogP) is 1.29. The van der Waals surface area contributed by atoms with Crippen molar-refractivity contribution in [1.29, 1.82) is 0 Å². The molecule has 0 radical (unpaired) electrons. The first-order chi connectivity index (χ1) is 9.33. The summed E-state index contributed by atoms with van der Waals surface area (Å²) in [5.74, 6) is 0.577. The number of hydrogen-bond acceptors (Lipinski definition) is 4. The monoisotopic (exact) mass is 257 g/mol. The number of aromatic nitrogens is 1. The number of carbonyl (C=O) groups is 1. The number of amides is 1. The first kappa shape index (κ1) is 11.9. The fourth-order valence-corrected chi connectivity index (χ4v) is 1.94. The van der Waals surface area contributed by atoms with Crippen molar-refractivity contribution in [2.45, 2.75) is 0 Å². The zero-order valence-electron chi connectivity index (χ0n) is 10.4. The lowest BCUT2D eigenvalue weighted by atomic mass is 10.0. The van der Waals surface area contributed by atoms with Gasteiger partial charge in [-0.2, -0.15) is 0 Å². The van der Waals surface area contributed by atoms with Crippen LogP contribution in [0.2, 0.25) is 0 Å². The molecule has 2 aromatic rings. The molecular weight excluding hydrogens is 242 g/mol. The summed E-state index contributed by atoms with van der Waals surface area (Å²) in [6.45, 7) is 2.60. The van der Waals surface area contributed by atoms with E-state index in [9.17, 15) is 4.79 Å². The summed E-state index contributed by atoms with van der Waals surface area (Å²) < 4.78 is 5.09. The smallest absolute Gasteiger partial charge is 0.289 e. The zero-order valence-corrected chi connectivity index (χ0v) is 10.4. The molecule has 98 valence electrons. The van der Waals surface area contributed by atoms with Crippen LogP contribution in [-0.4, -0.2) is 30.7 Å². The molecule has 5 nitrogen and oxygen atoms in total. The number of rotatable bonds is 4. The van der Waals surface area contributed by atoms with Gasteiger partial charge in [-0.05, 0) is 0 Å². The summed E-state index contributed by atoms with van der Waals surface area (Å²) >= 11 is 0. The van der Waals surface area contributed by atoms with Gasteiger partial charge >= 0.3 is 0 Å². The molecule has 1 saturated heterocycles. The van der Waals surface area contributed by atoms with E-state index in [0.717, 1.165) is 18.7 Å². The van der Waals surface area contributed by atoms with Gasteiger partial charge in [0.05, 0.1) is 0 Å². The lowest BCUT2D eigenvalue weighted by Gasteiger charge is -2.26. The van der Waals surface area contributed by atoms with E-state index in [-0.39, 0.29) is 11.7 Å². The maximum absolute atomic E-state index is 11.9. The van der Waals surface area contributed by atoms with Crippen LogP contribution >= 0.6 is 0 Å². The maximum atomic E-state index is 11.9. The molecule has 0 saturated carbocycles. The molecule has 1 aromatic carbocycles. The zero-order chi connectivity index (χ0) is 13.1. The van der Waals surface area contributed by atoms with E-state index in [4.69, 9.17) is 4.52 Å². The van der Waals surface area contributed by atoms with Crippen LogP contribution in [0.15, 0.2) is 40.9 Å². The molecule has 0 aliphatic carbocycles. The van der Waals surface area contributed by atoms with Crippen LogP contribution in [-0.2, 0) is 0 Å². The molecule has 0 bridgehead atoms. The van der Waals surface area contributed by atoms with E-state index in [0.29, 0.717) is 18.2 Å². The van der Waals surface area contributed by atoms with Crippen LogP contribution in [0.1, 0.15) is 10.6 Å². The van der Waals surface area contributed by atoms with Gasteiger partial charge in [0.1, 0.15) is 5.69 Å². The Labute approximate surface area is 111 Å². The predicted molar refractivity (Wildman–Crippen MR) is 70.6 cm³/mol. The van der Waals surface area contributed by atoms with Crippen molar-refractivity contribution < 1.29 is 9.32 Å². The lowest BCUT2D eigenvalue weighted by Crippen LogP contribution is -2.48. The van der Waals surface area contributed by atoms with E-state index in [1.165, 1.54) is 0 Å². The second-order valence-corrected chi connectivity index (χ2v) is 4.68. The Hall–Kier alpha value is -2.14. The topological polar surface area (TPSA) is 67.2 Å². The third kappa shape index (κ3) is 2.66. The van der Waals surface area contributed by atoms with Gasteiger partial charge in [0.2, 0.25) is 5.76 Å². The van der Waals surface area contributed by atoms with Gasteiger partial charge in [0.25, 0.3) is 5.91 Å². The van der Waals surface area contributed by atoms with Crippen LogP contribution in [0.25, 0.3) is 11.3 Å². The average molecular weight is 257 g/mol. The second-order valence-electron chi connectivity index (χ2n) is 4.68. The molecule has 1 amide bonds. The van der Waals surface area contributed by atoms with Crippen LogP contribution in [0.3, 0.4) is 0 Å². The Morgan fingerprint density at radius 2 is 2.16 bits per heavy atom. The molecule has 0 atom stereocenters.